The number of ether oxygens (including phenoxy) is 2. The van der Waals surface area contributed by atoms with E-state index in [2.05, 4.69) is 49.1 Å². The standard InChI is InChI=1S/C20H26N8O2/c1-14(2)15-5-4-8-27(12-15)20-22-11-17(25-26-20)19-18(30-13-29-3)9-16(10-21-19)28-23-6-7-24-28/h6-7,9-11,14-15H,4-5,8,12-13H2,1-3H3/t15-/m1/s1. The molecule has 4 heterocycles. The van der Waals surface area contributed by atoms with Gasteiger partial charge in [-0.3, -0.25) is 0 Å². The largest absolute Gasteiger partial charge is 0.465 e. The normalized spacial score (nSPS) is 16.8. The average Bonchev–Trinajstić information content (AvgIpc) is 3.33. The third-order valence-electron chi connectivity index (χ3n) is 5.30. The fourth-order valence-corrected chi connectivity index (χ4v) is 3.58. The summed E-state index contributed by atoms with van der Waals surface area (Å²) in [5.74, 6) is 2.45. The number of hydrogen-bond acceptors (Lipinski definition) is 9. The number of aromatic nitrogens is 7. The summed E-state index contributed by atoms with van der Waals surface area (Å²) >= 11 is 0. The molecule has 3 aromatic rings. The van der Waals surface area contributed by atoms with Gasteiger partial charge in [-0.25, -0.2) is 9.97 Å². The predicted octanol–water partition coefficient (Wildman–Crippen LogP) is 2.37. The van der Waals surface area contributed by atoms with Crippen molar-refractivity contribution in [3.63, 3.8) is 0 Å². The Kier molecular flexibility index (Phi) is 6.12. The molecule has 1 atom stereocenters. The van der Waals surface area contributed by atoms with Crippen LogP contribution in [0.2, 0.25) is 0 Å². The minimum absolute atomic E-state index is 0.0774. The number of pyridine rings is 1. The van der Waals surface area contributed by atoms with Gasteiger partial charge in [0.2, 0.25) is 5.95 Å². The molecular formula is C20H26N8O2. The highest BCUT2D eigenvalue weighted by molar-refractivity contribution is 5.63. The van der Waals surface area contributed by atoms with Crippen molar-refractivity contribution < 1.29 is 9.47 Å². The van der Waals surface area contributed by atoms with Crippen molar-refractivity contribution >= 4 is 5.95 Å². The van der Waals surface area contributed by atoms with Gasteiger partial charge in [-0.05, 0) is 24.7 Å². The van der Waals surface area contributed by atoms with Crippen molar-refractivity contribution in [2.45, 2.75) is 26.7 Å². The number of anilines is 1. The SMILES string of the molecule is COCOc1cc(-n2nccn2)cnc1-c1cnc(N2CCC[C@@H](C(C)C)C2)nn1. The molecule has 0 unspecified atom stereocenters. The van der Waals surface area contributed by atoms with Crippen LogP contribution in [0.1, 0.15) is 26.7 Å². The molecule has 1 saturated heterocycles. The summed E-state index contributed by atoms with van der Waals surface area (Å²) in [6.45, 7) is 6.53. The van der Waals surface area contributed by atoms with Crippen molar-refractivity contribution in [3.8, 4) is 22.8 Å². The number of nitrogens with zero attached hydrogens (tertiary/aromatic N) is 8. The molecule has 0 spiro atoms. The second-order valence-corrected chi connectivity index (χ2v) is 7.65. The summed E-state index contributed by atoms with van der Waals surface area (Å²) in [6, 6.07) is 1.79. The van der Waals surface area contributed by atoms with Crippen molar-refractivity contribution in [1.82, 2.24) is 35.2 Å². The van der Waals surface area contributed by atoms with E-state index in [0.717, 1.165) is 19.5 Å². The predicted molar refractivity (Wildman–Crippen MR) is 110 cm³/mol. The summed E-state index contributed by atoms with van der Waals surface area (Å²) in [5, 5.41) is 17.0. The van der Waals surface area contributed by atoms with Crippen molar-refractivity contribution in [1.29, 1.82) is 0 Å². The summed E-state index contributed by atoms with van der Waals surface area (Å²) in [5.41, 5.74) is 1.73. The van der Waals surface area contributed by atoms with Crippen LogP contribution in [-0.4, -0.2) is 62.2 Å². The second-order valence-electron chi connectivity index (χ2n) is 7.65. The smallest absolute Gasteiger partial charge is 0.245 e. The Bertz CT molecular complexity index is 946. The van der Waals surface area contributed by atoms with Crippen LogP contribution >= 0.6 is 0 Å². The number of methoxy groups -OCH3 is 1. The van der Waals surface area contributed by atoms with Gasteiger partial charge in [-0.2, -0.15) is 10.2 Å². The van der Waals surface area contributed by atoms with Crippen LogP contribution in [0.5, 0.6) is 5.75 Å². The van der Waals surface area contributed by atoms with Crippen molar-refractivity contribution in [3.05, 3.63) is 30.9 Å². The maximum absolute atomic E-state index is 5.71. The first kappa shape index (κ1) is 20.1. The molecule has 1 aliphatic rings. The quantitative estimate of drug-likeness (QED) is 0.543. The van der Waals surface area contributed by atoms with Gasteiger partial charge in [0.25, 0.3) is 0 Å². The Morgan fingerprint density at radius 3 is 2.67 bits per heavy atom. The van der Waals surface area contributed by atoms with Gasteiger partial charge in [0, 0.05) is 26.3 Å². The van der Waals surface area contributed by atoms with Crippen molar-refractivity contribution in [2.24, 2.45) is 11.8 Å². The lowest BCUT2D eigenvalue weighted by molar-refractivity contribution is 0.0513. The van der Waals surface area contributed by atoms with E-state index in [4.69, 9.17) is 9.47 Å². The van der Waals surface area contributed by atoms with Crippen LogP contribution in [0.15, 0.2) is 30.9 Å². The molecule has 0 N–H and O–H groups in total. The highest BCUT2D eigenvalue weighted by atomic mass is 16.7. The summed E-state index contributed by atoms with van der Waals surface area (Å²) in [7, 11) is 1.56. The zero-order valence-electron chi connectivity index (χ0n) is 17.5. The van der Waals surface area contributed by atoms with E-state index in [1.807, 2.05) is 0 Å². The lowest BCUT2D eigenvalue weighted by Gasteiger charge is -2.34. The Labute approximate surface area is 175 Å². The average molecular weight is 410 g/mol. The zero-order chi connectivity index (χ0) is 20.9. The topological polar surface area (TPSA) is 104 Å². The molecule has 3 aromatic heterocycles. The Morgan fingerprint density at radius 2 is 1.97 bits per heavy atom. The third-order valence-corrected chi connectivity index (χ3v) is 5.30. The molecule has 1 fully saturated rings. The number of hydrogen-bond donors (Lipinski definition) is 0. The van der Waals surface area contributed by atoms with Gasteiger partial charge in [0.15, 0.2) is 12.5 Å². The highest BCUT2D eigenvalue weighted by Crippen LogP contribution is 2.29. The van der Waals surface area contributed by atoms with Crippen LogP contribution in [0, 0.1) is 11.8 Å². The first-order valence-corrected chi connectivity index (χ1v) is 10.1. The number of rotatable bonds is 7. The molecular weight excluding hydrogens is 384 g/mol. The van der Waals surface area contributed by atoms with E-state index >= 15 is 0 Å². The summed E-state index contributed by atoms with van der Waals surface area (Å²) in [4.78, 5) is 12.7. The van der Waals surface area contributed by atoms with Crippen LogP contribution < -0.4 is 9.64 Å². The molecule has 10 nitrogen and oxygen atoms in total. The molecule has 0 bridgehead atoms. The minimum atomic E-state index is 0.0774. The summed E-state index contributed by atoms with van der Waals surface area (Å²) < 4.78 is 10.8. The van der Waals surface area contributed by atoms with E-state index in [1.54, 1.807) is 38.0 Å². The molecule has 4 rings (SSSR count). The van der Waals surface area contributed by atoms with Crippen LogP contribution in [0.25, 0.3) is 17.1 Å². The zero-order valence-corrected chi connectivity index (χ0v) is 17.5. The van der Waals surface area contributed by atoms with E-state index in [-0.39, 0.29) is 6.79 Å². The van der Waals surface area contributed by atoms with Crippen molar-refractivity contribution in [2.75, 3.05) is 31.9 Å². The Hall–Kier alpha value is -3.14. The van der Waals surface area contributed by atoms with Gasteiger partial charge in [0.05, 0.1) is 24.8 Å². The van der Waals surface area contributed by atoms with Gasteiger partial charge >= 0.3 is 0 Å². The molecule has 0 saturated carbocycles. The molecule has 0 radical (unpaired) electrons. The molecule has 0 amide bonds. The van der Waals surface area contributed by atoms with E-state index in [9.17, 15) is 0 Å². The van der Waals surface area contributed by atoms with Gasteiger partial charge < -0.3 is 14.4 Å². The molecule has 10 heteroatoms. The van der Waals surface area contributed by atoms with Gasteiger partial charge in [-0.15, -0.1) is 15.0 Å². The van der Waals surface area contributed by atoms with Gasteiger partial charge in [0.1, 0.15) is 17.1 Å². The fourth-order valence-electron chi connectivity index (χ4n) is 3.58. The van der Waals surface area contributed by atoms with E-state index in [0.29, 0.717) is 40.6 Å². The van der Waals surface area contributed by atoms with Crippen LogP contribution in [-0.2, 0) is 4.74 Å². The number of piperidine rings is 1. The second kappa shape index (κ2) is 9.12. The Balaban J connectivity index is 1.58. The highest BCUT2D eigenvalue weighted by Gasteiger charge is 2.24. The molecule has 1 aliphatic heterocycles. The molecule has 0 aliphatic carbocycles. The van der Waals surface area contributed by atoms with E-state index in [1.165, 1.54) is 11.2 Å². The fraction of sp³-hybridized carbons (Fsp3) is 0.500. The monoisotopic (exact) mass is 410 g/mol. The first-order valence-electron chi connectivity index (χ1n) is 10.1. The third kappa shape index (κ3) is 4.38. The molecule has 0 aromatic carbocycles. The Morgan fingerprint density at radius 1 is 1.13 bits per heavy atom. The maximum Gasteiger partial charge on any atom is 0.245 e. The molecule has 158 valence electrons. The lowest BCUT2D eigenvalue weighted by atomic mass is 9.88. The van der Waals surface area contributed by atoms with Gasteiger partial charge in [-0.1, -0.05) is 13.8 Å². The maximum atomic E-state index is 5.71. The molecule has 30 heavy (non-hydrogen) atoms. The minimum Gasteiger partial charge on any atom is -0.465 e. The van der Waals surface area contributed by atoms with E-state index < -0.39 is 0 Å². The van der Waals surface area contributed by atoms with Crippen LogP contribution in [0.4, 0.5) is 5.95 Å². The first-order chi connectivity index (χ1) is 14.7. The lowest BCUT2D eigenvalue weighted by Crippen LogP contribution is -2.38. The van der Waals surface area contributed by atoms with Crippen LogP contribution in [0.3, 0.4) is 0 Å². The summed E-state index contributed by atoms with van der Waals surface area (Å²) in [6.07, 6.45) is 8.94.